The number of hydrogen-bond acceptors (Lipinski definition) is 1. The Labute approximate surface area is 93.3 Å². The largest absolute Gasteiger partial charge is 0.388 e. The summed E-state index contributed by atoms with van der Waals surface area (Å²) in [6.07, 6.45) is 0.687. The second-order valence-corrected chi connectivity index (χ2v) is 4.63. The van der Waals surface area contributed by atoms with Gasteiger partial charge in [-0.3, -0.25) is 0 Å². The van der Waals surface area contributed by atoms with Crippen LogP contribution in [0.15, 0.2) is 24.3 Å². The number of hydrogen-bond donors (Lipinski definition) is 1. The van der Waals surface area contributed by atoms with Crippen LogP contribution in [0.25, 0.3) is 0 Å². The standard InChI is InChI=1S/C11H15IO/c1-3-8(2)11(13)9-5-4-6-10(12)7-9/h4-8,11,13H,3H2,1-2H3. The fraction of sp³-hybridized carbons (Fsp3) is 0.455. The summed E-state index contributed by atoms with van der Waals surface area (Å²) in [5, 5.41) is 9.91. The summed E-state index contributed by atoms with van der Waals surface area (Å²) in [7, 11) is 0. The summed E-state index contributed by atoms with van der Waals surface area (Å²) in [5.41, 5.74) is 1.03. The van der Waals surface area contributed by atoms with E-state index in [1.54, 1.807) is 0 Å². The van der Waals surface area contributed by atoms with Gasteiger partial charge in [-0.2, -0.15) is 0 Å². The van der Waals surface area contributed by atoms with Crippen molar-refractivity contribution in [3.05, 3.63) is 33.4 Å². The predicted octanol–water partition coefficient (Wildman–Crippen LogP) is 3.37. The third-order valence-corrected chi connectivity index (χ3v) is 3.04. The molecule has 1 N–H and O–H groups in total. The minimum atomic E-state index is -0.320. The first-order valence-electron chi connectivity index (χ1n) is 4.58. The van der Waals surface area contributed by atoms with E-state index < -0.39 is 0 Å². The zero-order chi connectivity index (χ0) is 9.84. The van der Waals surface area contributed by atoms with Crippen molar-refractivity contribution in [2.45, 2.75) is 26.4 Å². The number of aliphatic hydroxyl groups is 1. The van der Waals surface area contributed by atoms with Crippen LogP contribution < -0.4 is 0 Å². The lowest BCUT2D eigenvalue weighted by Crippen LogP contribution is -2.07. The van der Waals surface area contributed by atoms with E-state index in [0.717, 1.165) is 12.0 Å². The zero-order valence-corrected chi connectivity index (χ0v) is 10.2. The lowest BCUT2D eigenvalue weighted by molar-refractivity contribution is 0.115. The van der Waals surface area contributed by atoms with Crippen LogP contribution in [-0.4, -0.2) is 5.11 Å². The van der Waals surface area contributed by atoms with Crippen molar-refractivity contribution in [2.24, 2.45) is 5.92 Å². The van der Waals surface area contributed by atoms with Gasteiger partial charge < -0.3 is 5.11 Å². The third kappa shape index (κ3) is 2.95. The molecule has 0 aliphatic carbocycles. The minimum absolute atomic E-state index is 0.320. The first-order valence-corrected chi connectivity index (χ1v) is 5.66. The van der Waals surface area contributed by atoms with Gasteiger partial charge in [0.2, 0.25) is 0 Å². The quantitative estimate of drug-likeness (QED) is 0.846. The summed E-state index contributed by atoms with van der Waals surface area (Å²) < 4.78 is 1.18. The summed E-state index contributed by atoms with van der Waals surface area (Å²) in [6, 6.07) is 8.05. The SMILES string of the molecule is CCC(C)C(O)c1cccc(I)c1. The second-order valence-electron chi connectivity index (χ2n) is 3.39. The van der Waals surface area contributed by atoms with Gasteiger partial charge in [0.05, 0.1) is 6.10 Å². The summed E-state index contributed by atoms with van der Waals surface area (Å²) in [6.45, 7) is 4.17. The lowest BCUT2D eigenvalue weighted by atomic mass is 9.95. The number of benzene rings is 1. The number of rotatable bonds is 3. The highest BCUT2D eigenvalue weighted by molar-refractivity contribution is 14.1. The molecule has 0 saturated heterocycles. The molecule has 1 nitrogen and oxygen atoms in total. The molecule has 2 heteroatoms. The van der Waals surface area contributed by atoms with Crippen molar-refractivity contribution in [1.29, 1.82) is 0 Å². The normalized spacial score (nSPS) is 15.4. The molecular weight excluding hydrogens is 275 g/mol. The first kappa shape index (κ1) is 11.0. The molecule has 72 valence electrons. The predicted molar refractivity (Wildman–Crippen MR) is 63.6 cm³/mol. The topological polar surface area (TPSA) is 20.2 Å². The average Bonchev–Trinajstić information content (AvgIpc) is 2.15. The molecule has 0 aliphatic heterocycles. The fourth-order valence-electron chi connectivity index (χ4n) is 1.24. The van der Waals surface area contributed by atoms with Crippen LogP contribution in [0, 0.1) is 9.49 Å². The molecule has 1 aromatic carbocycles. The maximum absolute atomic E-state index is 9.91. The Bertz CT molecular complexity index is 273. The Kier molecular flexibility index (Phi) is 4.19. The summed E-state index contributed by atoms with van der Waals surface area (Å²) in [4.78, 5) is 0. The van der Waals surface area contributed by atoms with Gasteiger partial charge in [0, 0.05) is 3.57 Å². The van der Waals surface area contributed by atoms with Gasteiger partial charge in [-0.05, 0) is 46.2 Å². The highest BCUT2D eigenvalue weighted by Gasteiger charge is 2.14. The van der Waals surface area contributed by atoms with Crippen molar-refractivity contribution < 1.29 is 5.11 Å². The second kappa shape index (κ2) is 4.96. The summed E-state index contributed by atoms with van der Waals surface area (Å²) >= 11 is 2.26. The highest BCUT2D eigenvalue weighted by atomic mass is 127. The zero-order valence-electron chi connectivity index (χ0n) is 8.00. The molecule has 1 rings (SSSR count). The molecule has 2 unspecified atom stereocenters. The van der Waals surface area contributed by atoms with Crippen LogP contribution in [-0.2, 0) is 0 Å². The van der Waals surface area contributed by atoms with E-state index in [1.165, 1.54) is 3.57 Å². The van der Waals surface area contributed by atoms with Crippen molar-refractivity contribution in [2.75, 3.05) is 0 Å². The molecule has 0 bridgehead atoms. The molecule has 0 radical (unpaired) electrons. The average molecular weight is 290 g/mol. The van der Waals surface area contributed by atoms with E-state index in [0.29, 0.717) is 5.92 Å². The Morgan fingerprint density at radius 3 is 2.69 bits per heavy atom. The molecule has 13 heavy (non-hydrogen) atoms. The van der Waals surface area contributed by atoms with Crippen molar-refractivity contribution in [3.63, 3.8) is 0 Å². The molecule has 0 heterocycles. The third-order valence-electron chi connectivity index (χ3n) is 2.37. The van der Waals surface area contributed by atoms with E-state index in [2.05, 4.69) is 36.4 Å². The van der Waals surface area contributed by atoms with Crippen LogP contribution in [0.3, 0.4) is 0 Å². The molecule has 0 aliphatic rings. The maximum atomic E-state index is 9.91. The molecule has 2 atom stereocenters. The smallest absolute Gasteiger partial charge is 0.0815 e. The van der Waals surface area contributed by atoms with Crippen molar-refractivity contribution in [1.82, 2.24) is 0 Å². The van der Waals surface area contributed by atoms with Gasteiger partial charge >= 0.3 is 0 Å². The van der Waals surface area contributed by atoms with Crippen LogP contribution in [0.1, 0.15) is 31.9 Å². The minimum Gasteiger partial charge on any atom is -0.388 e. The number of halogens is 1. The number of aliphatic hydroxyl groups excluding tert-OH is 1. The van der Waals surface area contributed by atoms with E-state index in [4.69, 9.17) is 0 Å². The lowest BCUT2D eigenvalue weighted by Gasteiger charge is -2.17. The van der Waals surface area contributed by atoms with Crippen molar-refractivity contribution >= 4 is 22.6 Å². The van der Waals surface area contributed by atoms with E-state index in [1.807, 2.05) is 24.3 Å². The van der Waals surface area contributed by atoms with E-state index >= 15 is 0 Å². The van der Waals surface area contributed by atoms with E-state index in [-0.39, 0.29) is 6.10 Å². The molecule has 0 aromatic heterocycles. The van der Waals surface area contributed by atoms with Gasteiger partial charge in [0.1, 0.15) is 0 Å². The fourth-order valence-corrected chi connectivity index (χ4v) is 1.81. The van der Waals surface area contributed by atoms with E-state index in [9.17, 15) is 5.11 Å². The van der Waals surface area contributed by atoms with Crippen LogP contribution in [0.5, 0.6) is 0 Å². The molecule has 0 amide bonds. The van der Waals surface area contributed by atoms with Gasteiger partial charge in [-0.25, -0.2) is 0 Å². The van der Waals surface area contributed by atoms with Gasteiger partial charge in [0.15, 0.2) is 0 Å². The molecular formula is C11H15IO. The Balaban J connectivity index is 2.82. The van der Waals surface area contributed by atoms with Gasteiger partial charge in [-0.1, -0.05) is 32.4 Å². The van der Waals surface area contributed by atoms with Crippen LogP contribution >= 0.6 is 22.6 Å². The van der Waals surface area contributed by atoms with Crippen LogP contribution in [0.4, 0.5) is 0 Å². The Morgan fingerprint density at radius 2 is 2.15 bits per heavy atom. The Morgan fingerprint density at radius 1 is 1.46 bits per heavy atom. The molecule has 0 fully saturated rings. The highest BCUT2D eigenvalue weighted by Crippen LogP contribution is 2.24. The van der Waals surface area contributed by atoms with Crippen molar-refractivity contribution in [3.8, 4) is 0 Å². The maximum Gasteiger partial charge on any atom is 0.0815 e. The first-order chi connectivity index (χ1) is 6.15. The molecule has 1 aromatic rings. The molecule has 0 spiro atoms. The van der Waals surface area contributed by atoms with Gasteiger partial charge in [0.25, 0.3) is 0 Å². The molecule has 0 saturated carbocycles. The summed E-state index contributed by atoms with van der Waals surface area (Å²) in [5.74, 6) is 0.332. The van der Waals surface area contributed by atoms with Gasteiger partial charge in [-0.15, -0.1) is 0 Å². The monoisotopic (exact) mass is 290 g/mol. The Hall–Kier alpha value is -0.0900. The van der Waals surface area contributed by atoms with Crippen LogP contribution in [0.2, 0.25) is 0 Å².